The Morgan fingerprint density at radius 1 is 0.531 bits per heavy atom. The molecule has 3 rings (SSSR count). The van der Waals surface area contributed by atoms with Crippen molar-refractivity contribution in [3.63, 3.8) is 0 Å². The van der Waals surface area contributed by atoms with Crippen LogP contribution in [0, 0.1) is 0 Å². The van der Waals surface area contributed by atoms with Crippen molar-refractivity contribution in [1.29, 1.82) is 0 Å². The molecule has 0 aliphatic carbocycles. The second-order valence-electron chi connectivity index (χ2n) is 14.5. The Balaban J connectivity index is 1.94. The Morgan fingerprint density at radius 3 is 1.76 bits per heavy atom. The minimum Gasteiger partial charge on any atom is -0.253 e. The van der Waals surface area contributed by atoms with Crippen LogP contribution in [-0.4, -0.2) is 5.71 Å². The van der Waals surface area contributed by atoms with E-state index in [2.05, 4.69) is 108 Å². The minimum atomic E-state index is 0.977. The molecule has 0 atom stereocenters. The molecule has 0 aliphatic heterocycles. The smallest absolute Gasteiger partial charge is 0.0642 e. The van der Waals surface area contributed by atoms with Crippen LogP contribution in [0.2, 0.25) is 0 Å². The first kappa shape index (κ1) is 40.5. The number of nitrogens with zero attached hydrogens (tertiary/aromatic N) is 1. The highest BCUT2D eigenvalue weighted by molar-refractivity contribution is 6.03. The summed E-state index contributed by atoms with van der Waals surface area (Å²) in [6.07, 6.45) is 29.1. The molecule has 3 aromatic rings. The summed E-state index contributed by atoms with van der Waals surface area (Å²) < 4.78 is 0. The molecule has 3 aromatic carbocycles. The standard InChI is InChI=1S/C48H71N/c1-7-12-16-19-20-23-28-42-34-33-40(36-44(42)31-22-17-13-8-2)35-41(11-5)39(6)49-46-37-45(27-15-10-4)47(32-26-18-14-9-3)48(38-46)43-29-24-21-25-30-43/h21,24-25,29-30,33-38H,7-20,22-23,26-28,31-32H2,1-6H3. The molecule has 0 aromatic heterocycles. The molecule has 49 heavy (non-hydrogen) atoms. The van der Waals surface area contributed by atoms with Crippen LogP contribution in [0.1, 0.15) is 179 Å². The summed E-state index contributed by atoms with van der Waals surface area (Å²) in [6, 6.07) is 23.2. The van der Waals surface area contributed by atoms with Gasteiger partial charge in [0, 0.05) is 5.71 Å². The lowest BCUT2D eigenvalue weighted by Gasteiger charge is -2.18. The molecule has 0 amide bonds. The van der Waals surface area contributed by atoms with Crippen LogP contribution in [0.15, 0.2) is 71.2 Å². The molecule has 0 N–H and O–H groups in total. The van der Waals surface area contributed by atoms with E-state index in [1.165, 1.54) is 143 Å². The largest absolute Gasteiger partial charge is 0.253 e. The number of benzene rings is 3. The van der Waals surface area contributed by atoms with Gasteiger partial charge >= 0.3 is 0 Å². The van der Waals surface area contributed by atoms with Crippen molar-refractivity contribution in [2.45, 2.75) is 176 Å². The van der Waals surface area contributed by atoms with Gasteiger partial charge in [-0.2, -0.15) is 0 Å². The van der Waals surface area contributed by atoms with Crippen LogP contribution >= 0.6 is 0 Å². The van der Waals surface area contributed by atoms with E-state index < -0.39 is 0 Å². The zero-order chi connectivity index (χ0) is 35.1. The van der Waals surface area contributed by atoms with Crippen molar-refractivity contribution in [3.8, 4) is 11.1 Å². The van der Waals surface area contributed by atoms with Gasteiger partial charge in [-0.1, -0.05) is 160 Å². The van der Waals surface area contributed by atoms with Crippen LogP contribution in [-0.2, 0) is 25.7 Å². The number of rotatable bonds is 25. The third kappa shape index (κ3) is 14.4. The van der Waals surface area contributed by atoms with Gasteiger partial charge in [0.1, 0.15) is 0 Å². The van der Waals surface area contributed by atoms with Crippen LogP contribution < -0.4 is 0 Å². The Labute approximate surface area is 303 Å². The van der Waals surface area contributed by atoms with E-state index in [0.717, 1.165) is 30.7 Å². The van der Waals surface area contributed by atoms with Crippen LogP contribution in [0.4, 0.5) is 5.69 Å². The fraction of sp³-hybridized carbons (Fsp3) is 0.562. The maximum absolute atomic E-state index is 5.36. The molecule has 1 heteroatoms. The van der Waals surface area contributed by atoms with Gasteiger partial charge in [0.05, 0.1) is 5.69 Å². The van der Waals surface area contributed by atoms with Crippen LogP contribution in [0.25, 0.3) is 17.2 Å². The molecule has 0 saturated heterocycles. The molecule has 1 nitrogen and oxygen atoms in total. The lowest BCUT2D eigenvalue weighted by molar-refractivity contribution is 0.605. The van der Waals surface area contributed by atoms with Crippen LogP contribution in [0.5, 0.6) is 0 Å². The number of hydrogen-bond acceptors (Lipinski definition) is 1. The van der Waals surface area contributed by atoms with Gasteiger partial charge in [0.15, 0.2) is 0 Å². The van der Waals surface area contributed by atoms with Gasteiger partial charge < -0.3 is 0 Å². The van der Waals surface area contributed by atoms with Gasteiger partial charge in [-0.25, -0.2) is 0 Å². The Hall–Kier alpha value is -2.93. The number of aliphatic imine (C=N–C) groups is 1. The first-order chi connectivity index (χ1) is 24.0. The Kier molecular flexibility index (Phi) is 20.0. The summed E-state index contributed by atoms with van der Waals surface area (Å²) in [5.41, 5.74) is 13.8. The number of aryl methyl sites for hydroxylation is 3. The zero-order valence-corrected chi connectivity index (χ0v) is 32.6. The fourth-order valence-corrected chi connectivity index (χ4v) is 7.25. The van der Waals surface area contributed by atoms with E-state index in [1.807, 2.05) is 0 Å². The SMILES string of the molecule is CCCCCCCCc1ccc(C=C(CC)C(C)=Nc2cc(CCCC)c(CCCCCC)c(-c3ccccc3)c2)cc1CCCCCC. The zero-order valence-electron chi connectivity index (χ0n) is 32.6. The van der Waals surface area contributed by atoms with Crippen molar-refractivity contribution in [1.82, 2.24) is 0 Å². The van der Waals surface area contributed by atoms with Crippen molar-refractivity contribution in [2.75, 3.05) is 0 Å². The fourth-order valence-electron chi connectivity index (χ4n) is 7.25. The van der Waals surface area contributed by atoms with E-state index in [4.69, 9.17) is 4.99 Å². The molecule has 0 aliphatic rings. The normalized spacial score (nSPS) is 12.2. The molecular weight excluding hydrogens is 591 g/mol. The highest BCUT2D eigenvalue weighted by atomic mass is 14.7. The Bertz CT molecular complexity index is 1390. The third-order valence-electron chi connectivity index (χ3n) is 10.3. The van der Waals surface area contributed by atoms with Gasteiger partial charge in [0.25, 0.3) is 0 Å². The molecular formula is C48H71N. The second kappa shape index (κ2) is 24.3. The number of hydrogen-bond donors (Lipinski definition) is 0. The van der Waals surface area contributed by atoms with Crippen molar-refractivity contribution in [3.05, 3.63) is 94.1 Å². The van der Waals surface area contributed by atoms with E-state index in [1.54, 1.807) is 16.7 Å². The average Bonchev–Trinajstić information content (AvgIpc) is 3.12. The molecule has 268 valence electrons. The van der Waals surface area contributed by atoms with Crippen molar-refractivity contribution >= 4 is 17.5 Å². The molecule has 0 saturated carbocycles. The first-order valence-corrected chi connectivity index (χ1v) is 20.6. The second-order valence-corrected chi connectivity index (χ2v) is 14.5. The van der Waals surface area contributed by atoms with E-state index >= 15 is 0 Å². The maximum atomic E-state index is 5.36. The summed E-state index contributed by atoms with van der Waals surface area (Å²) in [5.74, 6) is 0. The molecule has 0 radical (unpaired) electrons. The quantitative estimate of drug-likeness (QED) is 0.0633. The molecule has 0 spiro atoms. The molecule has 0 unspecified atom stereocenters. The van der Waals surface area contributed by atoms with Crippen molar-refractivity contribution in [2.24, 2.45) is 4.99 Å². The van der Waals surface area contributed by atoms with E-state index in [-0.39, 0.29) is 0 Å². The summed E-state index contributed by atoms with van der Waals surface area (Å²) in [5, 5.41) is 0. The maximum Gasteiger partial charge on any atom is 0.0642 e. The molecule has 0 bridgehead atoms. The van der Waals surface area contributed by atoms with Gasteiger partial charge in [-0.15, -0.1) is 0 Å². The number of allylic oxidation sites excluding steroid dienone is 1. The lowest BCUT2D eigenvalue weighted by Crippen LogP contribution is -2.01. The summed E-state index contributed by atoms with van der Waals surface area (Å²) in [7, 11) is 0. The Morgan fingerprint density at radius 2 is 1.10 bits per heavy atom. The minimum absolute atomic E-state index is 0.977. The van der Waals surface area contributed by atoms with Crippen LogP contribution in [0.3, 0.4) is 0 Å². The predicted molar refractivity (Wildman–Crippen MR) is 221 cm³/mol. The first-order valence-electron chi connectivity index (χ1n) is 20.6. The predicted octanol–water partition coefficient (Wildman–Crippen LogP) is 15.4. The lowest BCUT2D eigenvalue weighted by atomic mass is 9.89. The average molecular weight is 662 g/mol. The highest BCUT2D eigenvalue weighted by Crippen LogP contribution is 2.34. The van der Waals surface area contributed by atoms with Gasteiger partial charge in [-0.05, 0) is 127 Å². The third-order valence-corrected chi connectivity index (χ3v) is 10.3. The summed E-state index contributed by atoms with van der Waals surface area (Å²) >= 11 is 0. The number of unbranched alkanes of at least 4 members (excludes halogenated alkanes) is 12. The van der Waals surface area contributed by atoms with Gasteiger partial charge in [0.2, 0.25) is 0 Å². The van der Waals surface area contributed by atoms with E-state index in [0.29, 0.717) is 0 Å². The topological polar surface area (TPSA) is 12.4 Å². The van der Waals surface area contributed by atoms with Gasteiger partial charge in [-0.3, -0.25) is 4.99 Å². The van der Waals surface area contributed by atoms with Crippen molar-refractivity contribution < 1.29 is 0 Å². The summed E-state index contributed by atoms with van der Waals surface area (Å²) in [4.78, 5) is 5.36. The monoisotopic (exact) mass is 662 g/mol. The van der Waals surface area contributed by atoms with E-state index in [9.17, 15) is 0 Å². The molecule has 0 heterocycles. The molecule has 0 fully saturated rings. The highest BCUT2D eigenvalue weighted by Gasteiger charge is 2.14. The summed E-state index contributed by atoms with van der Waals surface area (Å²) in [6.45, 7) is 13.7.